The molecule has 0 atom stereocenters. The maximum Gasteiger partial charge on any atom is 0.325 e. The Labute approximate surface area is 92.4 Å². The van der Waals surface area contributed by atoms with Crippen LogP contribution >= 0.6 is 0 Å². The van der Waals surface area contributed by atoms with Crippen molar-refractivity contribution in [2.24, 2.45) is 0 Å². The summed E-state index contributed by atoms with van der Waals surface area (Å²) in [6.07, 6.45) is 0. The third-order valence-electron chi connectivity index (χ3n) is 1.81. The Morgan fingerprint density at radius 2 is 1.94 bits per heavy atom. The third kappa shape index (κ3) is 3.68. The number of carbonyl (C=O) groups is 2. The number of rotatable bonds is 4. The molecule has 0 aliphatic heterocycles. The van der Waals surface area contributed by atoms with Crippen LogP contribution in [0.25, 0.3) is 0 Å². The van der Waals surface area contributed by atoms with Crippen molar-refractivity contribution in [1.29, 1.82) is 0 Å². The number of ether oxygens (including phenoxy) is 1. The Bertz CT molecular complexity index is 375. The summed E-state index contributed by atoms with van der Waals surface area (Å²) >= 11 is 0. The van der Waals surface area contributed by atoms with Gasteiger partial charge in [0.2, 0.25) is 0 Å². The van der Waals surface area contributed by atoms with E-state index in [1.54, 1.807) is 6.92 Å². The number of carbonyl (C=O) groups excluding carboxylic acids is 2. The molecule has 1 aromatic carbocycles. The zero-order chi connectivity index (χ0) is 12.0. The van der Waals surface area contributed by atoms with Crippen LogP contribution in [0.15, 0.2) is 24.3 Å². The lowest BCUT2D eigenvalue weighted by Gasteiger charge is -2.04. The molecule has 0 aliphatic carbocycles. The Morgan fingerprint density at radius 1 is 1.31 bits per heavy atom. The predicted molar refractivity (Wildman–Crippen MR) is 55.4 cm³/mol. The molecule has 1 amide bonds. The summed E-state index contributed by atoms with van der Waals surface area (Å²) in [6, 6.07) is 5.05. The van der Waals surface area contributed by atoms with Crippen LogP contribution in [0.5, 0.6) is 0 Å². The predicted octanol–water partition coefficient (Wildman–Crippen LogP) is 1.12. The fourth-order valence-electron chi connectivity index (χ4n) is 1.07. The summed E-state index contributed by atoms with van der Waals surface area (Å²) in [6.45, 7) is 1.76. The lowest BCUT2D eigenvalue weighted by Crippen LogP contribution is -2.30. The number of amides is 1. The van der Waals surface area contributed by atoms with Gasteiger partial charge in [0.15, 0.2) is 0 Å². The van der Waals surface area contributed by atoms with E-state index in [9.17, 15) is 14.0 Å². The van der Waals surface area contributed by atoms with Gasteiger partial charge in [0.05, 0.1) is 6.61 Å². The zero-order valence-electron chi connectivity index (χ0n) is 8.83. The van der Waals surface area contributed by atoms with Crippen LogP contribution in [0, 0.1) is 5.82 Å². The molecule has 0 radical (unpaired) electrons. The Hall–Kier alpha value is -1.91. The highest BCUT2D eigenvalue weighted by Crippen LogP contribution is 2.02. The summed E-state index contributed by atoms with van der Waals surface area (Å²) in [5, 5.41) is 2.37. The normalized spacial score (nSPS) is 9.62. The second-order valence-electron chi connectivity index (χ2n) is 2.99. The van der Waals surface area contributed by atoms with Crippen LogP contribution in [0.3, 0.4) is 0 Å². The average Bonchev–Trinajstić information content (AvgIpc) is 2.27. The van der Waals surface area contributed by atoms with Crippen molar-refractivity contribution in [2.45, 2.75) is 6.92 Å². The fraction of sp³-hybridized carbons (Fsp3) is 0.273. The Kier molecular flexibility index (Phi) is 4.44. The molecular weight excluding hydrogens is 213 g/mol. The lowest BCUT2D eigenvalue weighted by atomic mass is 10.2. The van der Waals surface area contributed by atoms with Gasteiger partial charge >= 0.3 is 5.97 Å². The standard InChI is InChI=1S/C11H12FNO3/c1-2-16-10(14)7-13-11(15)8-3-5-9(12)6-4-8/h3-6H,2,7H2,1H3,(H,13,15). The summed E-state index contributed by atoms with van der Waals surface area (Å²) in [7, 11) is 0. The molecule has 4 nitrogen and oxygen atoms in total. The molecule has 0 aromatic heterocycles. The maximum atomic E-state index is 12.6. The molecule has 0 bridgehead atoms. The van der Waals surface area contributed by atoms with Crippen LogP contribution in [0.2, 0.25) is 0 Å². The van der Waals surface area contributed by atoms with Crippen LogP contribution in [0.4, 0.5) is 4.39 Å². The van der Waals surface area contributed by atoms with E-state index in [2.05, 4.69) is 10.1 Å². The average molecular weight is 225 g/mol. The topological polar surface area (TPSA) is 55.4 Å². The fourth-order valence-corrected chi connectivity index (χ4v) is 1.07. The second kappa shape index (κ2) is 5.85. The van der Waals surface area contributed by atoms with Gasteiger partial charge in [-0.25, -0.2) is 4.39 Å². The molecule has 1 N–H and O–H groups in total. The molecule has 0 saturated heterocycles. The Morgan fingerprint density at radius 3 is 2.50 bits per heavy atom. The smallest absolute Gasteiger partial charge is 0.325 e. The van der Waals surface area contributed by atoms with Crippen molar-refractivity contribution in [3.8, 4) is 0 Å². The summed E-state index contributed by atoms with van der Waals surface area (Å²) in [5.74, 6) is -1.35. The lowest BCUT2D eigenvalue weighted by molar-refractivity contribution is -0.141. The van der Waals surface area contributed by atoms with Crippen molar-refractivity contribution in [3.63, 3.8) is 0 Å². The number of halogens is 1. The number of hydrogen-bond acceptors (Lipinski definition) is 3. The molecule has 1 aromatic rings. The minimum Gasteiger partial charge on any atom is -0.465 e. The first-order valence-corrected chi connectivity index (χ1v) is 4.83. The molecular formula is C11H12FNO3. The molecule has 0 saturated carbocycles. The van der Waals surface area contributed by atoms with Crippen LogP contribution < -0.4 is 5.32 Å². The van der Waals surface area contributed by atoms with Crippen LogP contribution in [-0.4, -0.2) is 25.0 Å². The first-order chi connectivity index (χ1) is 7.63. The van der Waals surface area contributed by atoms with E-state index in [0.717, 1.165) is 0 Å². The summed E-state index contributed by atoms with van der Waals surface area (Å²) < 4.78 is 17.2. The highest BCUT2D eigenvalue weighted by atomic mass is 19.1. The quantitative estimate of drug-likeness (QED) is 0.781. The first-order valence-electron chi connectivity index (χ1n) is 4.83. The monoisotopic (exact) mass is 225 g/mol. The third-order valence-corrected chi connectivity index (χ3v) is 1.81. The van der Waals surface area contributed by atoms with Gasteiger partial charge in [-0.3, -0.25) is 9.59 Å². The van der Waals surface area contributed by atoms with E-state index >= 15 is 0 Å². The van der Waals surface area contributed by atoms with E-state index in [0.29, 0.717) is 5.56 Å². The van der Waals surface area contributed by atoms with Crippen molar-refractivity contribution in [1.82, 2.24) is 5.32 Å². The van der Waals surface area contributed by atoms with Crippen molar-refractivity contribution < 1.29 is 18.7 Å². The van der Waals surface area contributed by atoms with Gasteiger partial charge in [0.1, 0.15) is 12.4 Å². The van der Waals surface area contributed by atoms with Gasteiger partial charge in [0, 0.05) is 5.56 Å². The minimum atomic E-state index is -0.502. The molecule has 0 heterocycles. The zero-order valence-corrected chi connectivity index (χ0v) is 8.83. The SMILES string of the molecule is CCOC(=O)CNC(=O)c1ccc(F)cc1. The second-order valence-corrected chi connectivity index (χ2v) is 2.99. The molecule has 16 heavy (non-hydrogen) atoms. The maximum absolute atomic E-state index is 12.6. The minimum absolute atomic E-state index is 0.190. The van der Waals surface area contributed by atoms with Crippen LogP contribution in [-0.2, 0) is 9.53 Å². The molecule has 1 rings (SSSR count). The molecule has 0 spiro atoms. The molecule has 0 unspecified atom stereocenters. The summed E-state index contributed by atoms with van der Waals surface area (Å²) in [4.78, 5) is 22.4. The largest absolute Gasteiger partial charge is 0.465 e. The van der Waals surface area contributed by atoms with Gasteiger partial charge in [-0.2, -0.15) is 0 Å². The van der Waals surface area contributed by atoms with Gasteiger partial charge in [-0.05, 0) is 31.2 Å². The number of hydrogen-bond donors (Lipinski definition) is 1. The Balaban J connectivity index is 2.47. The van der Waals surface area contributed by atoms with Crippen LogP contribution in [0.1, 0.15) is 17.3 Å². The highest BCUT2D eigenvalue weighted by molar-refractivity contribution is 5.95. The van der Waals surface area contributed by atoms with Crippen molar-refractivity contribution >= 4 is 11.9 Å². The van der Waals surface area contributed by atoms with Gasteiger partial charge in [-0.15, -0.1) is 0 Å². The van der Waals surface area contributed by atoms with E-state index in [4.69, 9.17) is 0 Å². The molecule has 0 fully saturated rings. The highest BCUT2D eigenvalue weighted by Gasteiger charge is 2.07. The van der Waals surface area contributed by atoms with Gasteiger partial charge in [-0.1, -0.05) is 0 Å². The number of esters is 1. The van der Waals surface area contributed by atoms with Gasteiger partial charge < -0.3 is 10.1 Å². The molecule has 86 valence electrons. The van der Waals surface area contributed by atoms with E-state index in [1.807, 2.05) is 0 Å². The van der Waals surface area contributed by atoms with Crippen molar-refractivity contribution in [2.75, 3.05) is 13.2 Å². The molecule has 5 heteroatoms. The number of benzene rings is 1. The van der Waals surface area contributed by atoms with E-state index in [-0.39, 0.29) is 13.2 Å². The van der Waals surface area contributed by atoms with Crippen molar-refractivity contribution in [3.05, 3.63) is 35.6 Å². The van der Waals surface area contributed by atoms with E-state index in [1.165, 1.54) is 24.3 Å². The first kappa shape index (κ1) is 12.2. The van der Waals surface area contributed by atoms with E-state index < -0.39 is 17.7 Å². The molecule has 0 aliphatic rings. The number of nitrogens with one attached hydrogen (secondary N) is 1. The summed E-state index contributed by atoms with van der Waals surface area (Å²) in [5.41, 5.74) is 0.297. The van der Waals surface area contributed by atoms with Gasteiger partial charge in [0.25, 0.3) is 5.91 Å².